The van der Waals surface area contributed by atoms with Gasteiger partial charge in [-0.2, -0.15) is 0 Å². The number of halogens is 3. The second kappa shape index (κ2) is 3.34. The van der Waals surface area contributed by atoms with Crippen molar-refractivity contribution in [1.82, 2.24) is 0 Å². The monoisotopic (exact) mass is 252 g/mol. The SMILES string of the molecule is Cc1cc(Br)c(C)c(Cl)c1Cl. The highest BCUT2D eigenvalue weighted by Crippen LogP contribution is 2.33. The van der Waals surface area contributed by atoms with Crippen LogP contribution in [0.2, 0.25) is 10.0 Å². The molecule has 0 unspecified atom stereocenters. The highest BCUT2D eigenvalue weighted by atomic mass is 79.9. The van der Waals surface area contributed by atoms with Crippen molar-refractivity contribution in [3.05, 3.63) is 31.7 Å². The third-order valence-electron chi connectivity index (χ3n) is 1.57. The molecule has 0 heterocycles. The molecule has 0 saturated heterocycles. The molecule has 0 radical (unpaired) electrons. The van der Waals surface area contributed by atoms with Crippen molar-refractivity contribution in [2.45, 2.75) is 13.8 Å². The van der Waals surface area contributed by atoms with E-state index in [2.05, 4.69) is 15.9 Å². The summed E-state index contributed by atoms with van der Waals surface area (Å²) >= 11 is 15.2. The predicted octanol–water partition coefficient (Wildman–Crippen LogP) is 4.37. The van der Waals surface area contributed by atoms with Crippen molar-refractivity contribution in [1.29, 1.82) is 0 Å². The van der Waals surface area contributed by atoms with Crippen LogP contribution in [0.5, 0.6) is 0 Å². The first-order valence-corrected chi connectivity index (χ1v) is 4.69. The van der Waals surface area contributed by atoms with Gasteiger partial charge in [-0.1, -0.05) is 39.1 Å². The normalized spacial score (nSPS) is 10.3. The number of rotatable bonds is 0. The highest BCUT2D eigenvalue weighted by molar-refractivity contribution is 9.10. The van der Waals surface area contributed by atoms with E-state index in [9.17, 15) is 0 Å². The molecule has 0 bridgehead atoms. The van der Waals surface area contributed by atoms with Gasteiger partial charge in [-0.3, -0.25) is 0 Å². The summed E-state index contributed by atoms with van der Waals surface area (Å²) in [5.74, 6) is 0. The van der Waals surface area contributed by atoms with E-state index < -0.39 is 0 Å². The van der Waals surface area contributed by atoms with Crippen LogP contribution in [-0.2, 0) is 0 Å². The van der Waals surface area contributed by atoms with Gasteiger partial charge in [0, 0.05) is 4.47 Å². The third kappa shape index (κ3) is 1.71. The van der Waals surface area contributed by atoms with E-state index in [-0.39, 0.29) is 0 Å². The summed E-state index contributed by atoms with van der Waals surface area (Å²) in [5.41, 5.74) is 1.98. The Bertz CT molecular complexity index is 268. The second-order valence-electron chi connectivity index (χ2n) is 2.43. The zero-order valence-electron chi connectivity index (χ0n) is 6.21. The molecule has 0 nitrogen and oxygen atoms in total. The Hall–Kier alpha value is 0.280. The number of hydrogen-bond donors (Lipinski definition) is 0. The van der Waals surface area contributed by atoms with Gasteiger partial charge in [0.05, 0.1) is 10.0 Å². The van der Waals surface area contributed by atoms with Crippen LogP contribution in [0.3, 0.4) is 0 Å². The molecule has 1 aromatic carbocycles. The Labute approximate surface area is 84.6 Å². The maximum Gasteiger partial charge on any atom is 0.0635 e. The zero-order chi connectivity index (χ0) is 8.59. The van der Waals surface area contributed by atoms with Crippen molar-refractivity contribution in [2.24, 2.45) is 0 Å². The highest BCUT2D eigenvalue weighted by Gasteiger charge is 2.07. The quantitative estimate of drug-likeness (QED) is 0.603. The lowest BCUT2D eigenvalue weighted by Gasteiger charge is -2.05. The van der Waals surface area contributed by atoms with Crippen LogP contribution in [0.15, 0.2) is 10.5 Å². The zero-order valence-corrected chi connectivity index (χ0v) is 9.31. The Morgan fingerprint density at radius 2 is 1.73 bits per heavy atom. The van der Waals surface area contributed by atoms with E-state index >= 15 is 0 Å². The molecule has 0 atom stereocenters. The van der Waals surface area contributed by atoms with Gasteiger partial charge < -0.3 is 0 Å². The molecule has 0 fully saturated rings. The number of benzene rings is 1. The summed E-state index contributed by atoms with van der Waals surface area (Å²) in [4.78, 5) is 0. The molecule has 1 aromatic rings. The van der Waals surface area contributed by atoms with E-state index in [0.717, 1.165) is 15.6 Å². The lowest BCUT2D eigenvalue weighted by Crippen LogP contribution is -1.83. The molecule has 0 aromatic heterocycles. The minimum absolute atomic E-state index is 0.638. The molecule has 60 valence electrons. The minimum atomic E-state index is 0.638. The largest absolute Gasteiger partial charge is 0.0824 e. The molecular formula is C8H7BrCl2. The minimum Gasteiger partial charge on any atom is -0.0824 e. The molecule has 11 heavy (non-hydrogen) atoms. The molecule has 0 aliphatic carbocycles. The van der Waals surface area contributed by atoms with Crippen LogP contribution in [0.4, 0.5) is 0 Å². The molecule has 0 aliphatic heterocycles. The van der Waals surface area contributed by atoms with Crippen molar-refractivity contribution in [3.8, 4) is 0 Å². The van der Waals surface area contributed by atoms with E-state index in [0.29, 0.717) is 10.0 Å². The summed E-state index contributed by atoms with van der Waals surface area (Å²) in [6.45, 7) is 3.86. The molecule has 0 amide bonds. The fourth-order valence-corrected chi connectivity index (χ4v) is 1.91. The van der Waals surface area contributed by atoms with Gasteiger partial charge in [0.25, 0.3) is 0 Å². The molecule has 3 heteroatoms. The smallest absolute Gasteiger partial charge is 0.0635 e. The van der Waals surface area contributed by atoms with E-state index in [1.807, 2.05) is 19.9 Å². The summed E-state index contributed by atoms with van der Waals surface area (Å²) < 4.78 is 1.00. The Morgan fingerprint density at radius 1 is 1.18 bits per heavy atom. The van der Waals surface area contributed by atoms with Crippen molar-refractivity contribution < 1.29 is 0 Å². The lowest BCUT2D eigenvalue weighted by atomic mass is 10.2. The van der Waals surface area contributed by atoms with Crippen LogP contribution in [0, 0.1) is 13.8 Å². The van der Waals surface area contributed by atoms with Crippen LogP contribution in [0.25, 0.3) is 0 Å². The average molecular weight is 254 g/mol. The molecule has 0 spiro atoms. The molecule has 0 N–H and O–H groups in total. The molecule has 1 rings (SSSR count). The Morgan fingerprint density at radius 3 is 2.27 bits per heavy atom. The summed E-state index contributed by atoms with van der Waals surface area (Å²) in [7, 11) is 0. The van der Waals surface area contributed by atoms with E-state index in [4.69, 9.17) is 23.2 Å². The van der Waals surface area contributed by atoms with Gasteiger partial charge in [0.2, 0.25) is 0 Å². The third-order valence-corrected chi connectivity index (χ3v) is 3.45. The average Bonchev–Trinajstić information content (AvgIpc) is 1.97. The number of hydrogen-bond acceptors (Lipinski definition) is 0. The predicted molar refractivity (Wildman–Crippen MR) is 53.6 cm³/mol. The fourth-order valence-electron chi connectivity index (χ4n) is 0.804. The van der Waals surface area contributed by atoms with Gasteiger partial charge in [0.1, 0.15) is 0 Å². The summed E-state index contributed by atoms with van der Waals surface area (Å²) in [5, 5.41) is 1.28. The summed E-state index contributed by atoms with van der Waals surface area (Å²) in [6, 6.07) is 1.96. The van der Waals surface area contributed by atoms with Crippen molar-refractivity contribution in [2.75, 3.05) is 0 Å². The van der Waals surface area contributed by atoms with Gasteiger partial charge in [-0.25, -0.2) is 0 Å². The van der Waals surface area contributed by atoms with Crippen molar-refractivity contribution >= 4 is 39.1 Å². The molecule has 0 saturated carbocycles. The van der Waals surface area contributed by atoms with Crippen LogP contribution >= 0.6 is 39.1 Å². The standard InChI is InChI=1S/C8H7BrCl2/c1-4-3-6(9)5(2)8(11)7(4)10/h3H,1-2H3. The van der Waals surface area contributed by atoms with E-state index in [1.165, 1.54) is 0 Å². The van der Waals surface area contributed by atoms with Crippen LogP contribution in [-0.4, -0.2) is 0 Å². The maximum absolute atomic E-state index is 5.93. The topological polar surface area (TPSA) is 0 Å². The van der Waals surface area contributed by atoms with Crippen LogP contribution < -0.4 is 0 Å². The maximum atomic E-state index is 5.93. The van der Waals surface area contributed by atoms with E-state index in [1.54, 1.807) is 0 Å². The molecule has 0 aliphatic rings. The second-order valence-corrected chi connectivity index (χ2v) is 4.04. The van der Waals surface area contributed by atoms with Gasteiger partial charge in [-0.15, -0.1) is 0 Å². The van der Waals surface area contributed by atoms with Crippen LogP contribution in [0.1, 0.15) is 11.1 Å². The first-order valence-electron chi connectivity index (χ1n) is 3.14. The Balaban J connectivity index is 3.46. The first kappa shape index (κ1) is 9.37. The van der Waals surface area contributed by atoms with Gasteiger partial charge in [-0.05, 0) is 31.0 Å². The first-order chi connectivity index (χ1) is 5.04. The van der Waals surface area contributed by atoms with Crippen molar-refractivity contribution in [3.63, 3.8) is 0 Å². The molecular weight excluding hydrogens is 247 g/mol. The van der Waals surface area contributed by atoms with Gasteiger partial charge in [0.15, 0.2) is 0 Å². The lowest BCUT2D eigenvalue weighted by molar-refractivity contribution is 1.36. The summed E-state index contributed by atoms with van der Waals surface area (Å²) in [6.07, 6.45) is 0. The van der Waals surface area contributed by atoms with Gasteiger partial charge >= 0.3 is 0 Å². The fraction of sp³-hybridized carbons (Fsp3) is 0.250. The Kier molecular flexibility index (Phi) is 2.84. The number of aryl methyl sites for hydroxylation is 1.